The first-order chi connectivity index (χ1) is 7.11. The van der Waals surface area contributed by atoms with Gasteiger partial charge in [0.2, 0.25) is 5.78 Å². The van der Waals surface area contributed by atoms with Gasteiger partial charge in [0.1, 0.15) is 0 Å². The molecule has 2 atom stereocenters. The van der Waals surface area contributed by atoms with Crippen LogP contribution in [0.5, 0.6) is 0 Å². The predicted molar refractivity (Wildman–Crippen MR) is 45.6 cm³/mol. The zero-order valence-corrected chi connectivity index (χ0v) is 8.02. The maximum absolute atomic E-state index is 9.77. The number of carboxylic acid groups (broad SMARTS) is 3. The lowest BCUT2D eigenvalue weighted by molar-refractivity contribution is -0.165. The van der Waals surface area contributed by atoms with Crippen molar-refractivity contribution < 1.29 is 44.7 Å². The van der Waals surface area contributed by atoms with E-state index in [4.69, 9.17) is 25.5 Å². The molecular formula is C7H10O9. The van der Waals surface area contributed by atoms with Gasteiger partial charge in [0.15, 0.2) is 12.2 Å². The number of aliphatic hydroxyl groups is 2. The lowest BCUT2D eigenvalue weighted by Crippen LogP contribution is -2.39. The summed E-state index contributed by atoms with van der Waals surface area (Å²) in [5, 5.41) is 40.2. The van der Waals surface area contributed by atoms with Gasteiger partial charge >= 0.3 is 17.9 Å². The number of ketones is 1. The van der Waals surface area contributed by atoms with Gasteiger partial charge in [0, 0.05) is 6.92 Å². The quantitative estimate of drug-likeness (QED) is 0.333. The van der Waals surface area contributed by atoms with Crippen molar-refractivity contribution in [3.05, 3.63) is 0 Å². The fourth-order valence-corrected chi connectivity index (χ4v) is 0.270. The van der Waals surface area contributed by atoms with Crippen molar-refractivity contribution in [2.24, 2.45) is 0 Å². The first-order valence-corrected chi connectivity index (χ1v) is 3.66. The summed E-state index contributed by atoms with van der Waals surface area (Å²) < 4.78 is 0. The fourth-order valence-electron chi connectivity index (χ4n) is 0.270. The van der Waals surface area contributed by atoms with Crippen LogP contribution < -0.4 is 0 Å². The van der Waals surface area contributed by atoms with E-state index in [9.17, 15) is 19.2 Å². The van der Waals surface area contributed by atoms with Crippen LogP contribution in [0.4, 0.5) is 0 Å². The smallest absolute Gasteiger partial charge is 0.371 e. The summed E-state index contributed by atoms with van der Waals surface area (Å²) >= 11 is 0. The summed E-state index contributed by atoms with van der Waals surface area (Å²) in [5.74, 6) is -5.74. The Bertz CT molecular complexity index is 264. The molecule has 0 bridgehead atoms. The van der Waals surface area contributed by atoms with Crippen LogP contribution in [0.2, 0.25) is 0 Å². The largest absolute Gasteiger partial charge is 0.479 e. The van der Waals surface area contributed by atoms with E-state index >= 15 is 0 Å². The Hall–Kier alpha value is -2.00. The third-order valence-electron chi connectivity index (χ3n) is 1.11. The molecule has 0 aliphatic carbocycles. The van der Waals surface area contributed by atoms with Gasteiger partial charge < -0.3 is 25.5 Å². The van der Waals surface area contributed by atoms with Crippen molar-refractivity contribution in [3.63, 3.8) is 0 Å². The monoisotopic (exact) mass is 238 g/mol. The molecule has 0 fully saturated rings. The number of aliphatic carboxylic acids is 3. The number of Topliss-reactive ketones (excluding diaryl/α,β-unsaturated/α-hetero) is 1. The molecule has 0 heterocycles. The van der Waals surface area contributed by atoms with Crippen molar-refractivity contribution >= 4 is 23.7 Å². The minimum atomic E-state index is -2.27. The molecule has 16 heavy (non-hydrogen) atoms. The Balaban J connectivity index is 0. The highest BCUT2D eigenvalue weighted by Crippen LogP contribution is 1.92. The number of hydrogen-bond acceptors (Lipinski definition) is 6. The first kappa shape index (κ1) is 16.4. The van der Waals surface area contributed by atoms with Gasteiger partial charge in [-0.3, -0.25) is 4.79 Å². The standard InChI is InChI=1S/C4H6O6.C3H4O3/c5-1(3(7)8)2(6)4(9)10;1-2(4)3(5)6/h1-2,5-6H,(H,7,8)(H,9,10);1H3,(H,5,6). The molecule has 0 aromatic carbocycles. The van der Waals surface area contributed by atoms with Gasteiger partial charge in [-0.1, -0.05) is 0 Å². The molecule has 0 aromatic heterocycles. The minimum Gasteiger partial charge on any atom is -0.479 e. The lowest BCUT2D eigenvalue weighted by atomic mass is 10.2. The number of carboxylic acids is 3. The number of carbonyl (C=O) groups is 4. The van der Waals surface area contributed by atoms with E-state index in [0.717, 1.165) is 6.92 Å². The molecule has 0 aromatic rings. The highest BCUT2D eigenvalue weighted by Gasteiger charge is 2.29. The second-order valence-electron chi connectivity index (χ2n) is 2.43. The van der Waals surface area contributed by atoms with Gasteiger partial charge in [0.05, 0.1) is 0 Å². The summed E-state index contributed by atoms with van der Waals surface area (Å²) in [4.78, 5) is 38.4. The van der Waals surface area contributed by atoms with Crippen LogP contribution in [-0.4, -0.2) is 61.4 Å². The molecule has 9 nitrogen and oxygen atoms in total. The molecule has 0 spiro atoms. The molecule has 0 saturated heterocycles. The van der Waals surface area contributed by atoms with Gasteiger partial charge in [-0.15, -0.1) is 0 Å². The molecule has 0 aliphatic heterocycles. The summed E-state index contributed by atoms with van der Waals surface area (Å²) in [6.07, 6.45) is -4.53. The van der Waals surface area contributed by atoms with E-state index in [2.05, 4.69) is 0 Å². The van der Waals surface area contributed by atoms with Crippen molar-refractivity contribution in [1.29, 1.82) is 0 Å². The zero-order chi connectivity index (χ0) is 13.5. The van der Waals surface area contributed by atoms with Crippen molar-refractivity contribution in [2.75, 3.05) is 0 Å². The van der Waals surface area contributed by atoms with Crippen LogP contribution in [0, 0.1) is 0 Å². The minimum absolute atomic E-state index is 0.824. The van der Waals surface area contributed by atoms with Crippen LogP contribution in [0.15, 0.2) is 0 Å². The van der Waals surface area contributed by atoms with Crippen LogP contribution in [0.3, 0.4) is 0 Å². The third-order valence-corrected chi connectivity index (χ3v) is 1.11. The Labute approximate surface area is 88.6 Å². The molecule has 5 N–H and O–H groups in total. The molecule has 2 unspecified atom stereocenters. The Morgan fingerprint density at radius 1 is 0.812 bits per heavy atom. The number of hydrogen-bond donors (Lipinski definition) is 5. The zero-order valence-electron chi connectivity index (χ0n) is 8.02. The lowest BCUT2D eigenvalue weighted by Gasteiger charge is -2.07. The molecule has 0 radical (unpaired) electrons. The van der Waals surface area contributed by atoms with Gasteiger partial charge in [-0.05, 0) is 0 Å². The van der Waals surface area contributed by atoms with Gasteiger partial charge in [0.25, 0.3) is 0 Å². The second kappa shape index (κ2) is 7.31. The van der Waals surface area contributed by atoms with Crippen LogP contribution in [0.25, 0.3) is 0 Å². The van der Waals surface area contributed by atoms with E-state index in [1.807, 2.05) is 0 Å². The molecule has 0 saturated carbocycles. The summed E-state index contributed by atoms with van der Waals surface area (Å²) in [5.41, 5.74) is 0. The molecule has 9 heteroatoms. The normalized spacial score (nSPS) is 12.7. The Morgan fingerprint density at radius 2 is 1.00 bits per heavy atom. The fraction of sp³-hybridized carbons (Fsp3) is 0.429. The average Bonchev–Trinajstić information content (AvgIpc) is 2.15. The molecule has 92 valence electrons. The van der Waals surface area contributed by atoms with E-state index in [1.165, 1.54) is 0 Å². The van der Waals surface area contributed by atoms with E-state index < -0.39 is 35.9 Å². The van der Waals surface area contributed by atoms with E-state index in [1.54, 1.807) is 0 Å². The summed E-state index contributed by atoms with van der Waals surface area (Å²) in [6, 6.07) is 0. The molecular weight excluding hydrogens is 228 g/mol. The SMILES string of the molecule is CC(=O)C(=O)O.O=C(O)C(O)C(O)C(=O)O. The van der Waals surface area contributed by atoms with Crippen molar-refractivity contribution in [3.8, 4) is 0 Å². The number of aliphatic hydroxyl groups excluding tert-OH is 2. The predicted octanol–water partition coefficient (Wildman–Crippen LogP) is -2.46. The van der Waals surface area contributed by atoms with E-state index in [0.29, 0.717) is 0 Å². The van der Waals surface area contributed by atoms with Crippen LogP contribution in [-0.2, 0) is 19.2 Å². The summed E-state index contributed by atoms with van der Waals surface area (Å²) in [7, 11) is 0. The summed E-state index contributed by atoms with van der Waals surface area (Å²) in [6.45, 7) is 1.00. The molecule has 0 rings (SSSR count). The Morgan fingerprint density at radius 3 is 1.06 bits per heavy atom. The highest BCUT2D eigenvalue weighted by molar-refractivity contribution is 6.31. The second-order valence-corrected chi connectivity index (χ2v) is 2.43. The van der Waals surface area contributed by atoms with Crippen LogP contribution >= 0.6 is 0 Å². The average molecular weight is 238 g/mol. The van der Waals surface area contributed by atoms with Gasteiger partial charge in [-0.25, -0.2) is 14.4 Å². The van der Waals surface area contributed by atoms with Gasteiger partial charge in [-0.2, -0.15) is 0 Å². The van der Waals surface area contributed by atoms with Crippen LogP contribution in [0.1, 0.15) is 6.92 Å². The third kappa shape index (κ3) is 7.41. The maximum atomic E-state index is 9.77. The molecule has 0 aliphatic rings. The molecule has 0 amide bonds. The first-order valence-electron chi connectivity index (χ1n) is 3.66. The topological polar surface area (TPSA) is 169 Å². The number of rotatable bonds is 4. The maximum Gasteiger partial charge on any atom is 0.371 e. The number of carbonyl (C=O) groups excluding carboxylic acids is 1. The highest BCUT2D eigenvalue weighted by atomic mass is 16.4. The van der Waals surface area contributed by atoms with E-state index in [-0.39, 0.29) is 0 Å². The van der Waals surface area contributed by atoms with Crippen molar-refractivity contribution in [2.45, 2.75) is 19.1 Å². The van der Waals surface area contributed by atoms with Crippen molar-refractivity contribution in [1.82, 2.24) is 0 Å². The Kier molecular flexibility index (Phi) is 7.51.